The molecule has 2 heterocycles. The van der Waals surface area contributed by atoms with Crippen LogP contribution in [0, 0.1) is 0 Å². The molecule has 1 saturated heterocycles. The molecule has 2 aliphatic heterocycles. The lowest BCUT2D eigenvalue weighted by atomic mass is 10.1. The van der Waals surface area contributed by atoms with Crippen LogP contribution in [0.1, 0.15) is 31.2 Å². The molecule has 0 saturated carbocycles. The molecular weight excluding hydrogens is 408 g/mol. The Morgan fingerprint density at radius 1 is 0.871 bits per heavy atom. The molecule has 5 rings (SSSR count). The highest BCUT2D eigenvalue weighted by Crippen LogP contribution is 2.43. The van der Waals surface area contributed by atoms with E-state index >= 15 is 0 Å². The Morgan fingerprint density at radius 3 is 2.48 bits per heavy atom. The molecule has 1 fully saturated rings. The first kappa shape index (κ1) is 20.3. The molecule has 0 amide bonds. The van der Waals surface area contributed by atoms with E-state index in [4.69, 9.17) is 4.74 Å². The highest BCUT2D eigenvalue weighted by atomic mass is 32.2. The predicted molar refractivity (Wildman–Crippen MR) is 124 cm³/mol. The average molecular weight is 437 g/mol. The van der Waals surface area contributed by atoms with Crippen molar-refractivity contribution in [1.29, 1.82) is 0 Å². The van der Waals surface area contributed by atoms with Crippen LogP contribution in [0.3, 0.4) is 0 Å². The van der Waals surface area contributed by atoms with E-state index in [0.29, 0.717) is 11.5 Å². The minimum absolute atomic E-state index is 0.262. The first-order chi connectivity index (χ1) is 15.1. The molecule has 6 heteroatoms. The van der Waals surface area contributed by atoms with E-state index in [2.05, 4.69) is 4.90 Å². The summed E-state index contributed by atoms with van der Waals surface area (Å²) in [6.45, 7) is 4.33. The van der Waals surface area contributed by atoms with Gasteiger partial charge >= 0.3 is 0 Å². The Kier molecular flexibility index (Phi) is 5.59. The number of anilines is 1. The number of hydrogen-bond acceptors (Lipinski definition) is 4. The maximum Gasteiger partial charge on any atom is 0.265 e. The zero-order valence-electron chi connectivity index (χ0n) is 17.7. The number of piperidine rings is 1. The minimum atomic E-state index is -3.58. The van der Waals surface area contributed by atoms with Crippen molar-refractivity contribution < 1.29 is 13.2 Å². The third-order valence-corrected chi connectivity index (χ3v) is 8.09. The lowest BCUT2D eigenvalue weighted by Crippen LogP contribution is -2.31. The Bertz CT molecular complexity index is 1180. The van der Waals surface area contributed by atoms with E-state index in [-0.39, 0.29) is 6.54 Å². The Balaban J connectivity index is 1.32. The first-order valence-corrected chi connectivity index (χ1v) is 12.6. The van der Waals surface area contributed by atoms with Crippen molar-refractivity contribution in [2.45, 2.75) is 37.1 Å². The zero-order chi connectivity index (χ0) is 21.3. The van der Waals surface area contributed by atoms with Crippen molar-refractivity contribution in [1.82, 2.24) is 4.90 Å². The summed E-state index contributed by atoms with van der Waals surface area (Å²) in [6, 6.07) is 19.0. The van der Waals surface area contributed by atoms with Crippen LogP contribution in [-0.4, -0.2) is 39.6 Å². The van der Waals surface area contributed by atoms with Gasteiger partial charge in [-0.15, -0.1) is 0 Å². The molecule has 0 atom stereocenters. The fourth-order valence-corrected chi connectivity index (χ4v) is 6.40. The second-order valence-corrected chi connectivity index (χ2v) is 10.2. The van der Waals surface area contributed by atoms with Crippen molar-refractivity contribution in [3.05, 3.63) is 66.2 Å². The summed E-state index contributed by atoms with van der Waals surface area (Å²) < 4.78 is 34.2. The maximum absolute atomic E-state index is 13.3. The second kappa shape index (κ2) is 8.52. The Hall–Kier alpha value is -2.57. The van der Waals surface area contributed by atoms with Crippen LogP contribution in [0.5, 0.6) is 5.75 Å². The van der Waals surface area contributed by atoms with Gasteiger partial charge in [-0.3, -0.25) is 4.31 Å². The molecule has 3 aromatic rings. The topological polar surface area (TPSA) is 49.9 Å². The van der Waals surface area contributed by atoms with Crippen LogP contribution in [0.25, 0.3) is 10.8 Å². The second-order valence-electron chi connectivity index (χ2n) is 8.36. The van der Waals surface area contributed by atoms with Crippen LogP contribution >= 0.6 is 0 Å². The van der Waals surface area contributed by atoms with Gasteiger partial charge in [0.05, 0.1) is 23.7 Å². The molecule has 31 heavy (non-hydrogen) atoms. The van der Waals surface area contributed by atoms with Crippen LogP contribution in [-0.2, 0) is 16.6 Å². The molecule has 0 bridgehead atoms. The summed E-state index contributed by atoms with van der Waals surface area (Å²) in [4.78, 5) is 2.90. The predicted octanol–water partition coefficient (Wildman–Crippen LogP) is 4.80. The van der Waals surface area contributed by atoms with Crippen molar-refractivity contribution in [3.63, 3.8) is 0 Å². The summed E-state index contributed by atoms with van der Waals surface area (Å²) in [5.74, 6) is 0.763. The zero-order valence-corrected chi connectivity index (χ0v) is 18.5. The number of hydrogen-bond donors (Lipinski definition) is 0. The van der Waals surface area contributed by atoms with Crippen LogP contribution in [0.4, 0.5) is 5.69 Å². The van der Waals surface area contributed by atoms with Gasteiger partial charge in [-0.1, -0.05) is 48.9 Å². The summed E-state index contributed by atoms with van der Waals surface area (Å²) in [6.07, 6.45) is 4.91. The normalized spacial score (nSPS) is 17.9. The smallest absolute Gasteiger partial charge is 0.265 e. The molecule has 162 valence electrons. The van der Waals surface area contributed by atoms with Crippen LogP contribution in [0.2, 0.25) is 0 Å². The number of ether oxygens (including phenoxy) is 1. The highest BCUT2D eigenvalue weighted by molar-refractivity contribution is 7.93. The van der Waals surface area contributed by atoms with Crippen molar-refractivity contribution in [2.24, 2.45) is 0 Å². The molecule has 0 radical (unpaired) electrons. The largest absolute Gasteiger partial charge is 0.493 e. The van der Waals surface area contributed by atoms with E-state index < -0.39 is 10.0 Å². The van der Waals surface area contributed by atoms with E-state index in [1.54, 1.807) is 6.07 Å². The molecule has 0 aromatic heterocycles. The monoisotopic (exact) mass is 436 g/mol. The summed E-state index contributed by atoms with van der Waals surface area (Å²) >= 11 is 0. The van der Waals surface area contributed by atoms with Gasteiger partial charge in [0.1, 0.15) is 5.75 Å². The molecule has 3 aromatic carbocycles. The third-order valence-electron chi connectivity index (χ3n) is 6.29. The van der Waals surface area contributed by atoms with Crippen LogP contribution < -0.4 is 9.04 Å². The number of likely N-dealkylation sites (tertiary alicyclic amines) is 1. The fourth-order valence-electron chi connectivity index (χ4n) is 4.71. The van der Waals surface area contributed by atoms with E-state index in [0.717, 1.165) is 40.7 Å². The molecule has 5 nitrogen and oxygen atoms in total. The Morgan fingerprint density at radius 2 is 1.65 bits per heavy atom. The lowest BCUT2D eigenvalue weighted by molar-refractivity contribution is 0.204. The molecular formula is C25H28N2O3S. The molecule has 0 N–H and O–H groups in total. The van der Waals surface area contributed by atoms with Gasteiger partial charge in [0.15, 0.2) is 0 Å². The van der Waals surface area contributed by atoms with Gasteiger partial charge < -0.3 is 9.64 Å². The van der Waals surface area contributed by atoms with E-state index in [9.17, 15) is 8.42 Å². The lowest BCUT2D eigenvalue weighted by Gasteiger charge is -2.26. The van der Waals surface area contributed by atoms with Gasteiger partial charge in [0.2, 0.25) is 0 Å². The van der Waals surface area contributed by atoms with Gasteiger partial charge in [-0.2, -0.15) is 0 Å². The van der Waals surface area contributed by atoms with Gasteiger partial charge in [0.25, 0.3) is 10.0 Å². The van der Waals surface area contributed by atoms with Crippen molar-refractivity contribution in [3.8, 4) is 5.75 Å². The fraction of sp³-hybridized carbons (Fsp3) is 0.360. The van der Waals surface area contributed by atoms with Gasteiger partial charge in [-0.25, -0.2) is 8.42 Å². The third kappa shape index (κ3) is 3.90. The van der Waals surface area contributed by atoms with E-state index in [1.165, 1.54) is 36.7 Å². The summed E-state index contributed by atoms with van der Waals surface area (Å²) in [7, 11) is -3.58. The summed E-state index contributed by atoms with van der Waals surface area (Å²) in [5.41, 5.74) is 1.63. The molecule has 0 unspecified atom stereocenters. The van der Waals surface area contributed by atoms with Crippen molar-refractivity contribution >= 4 is 26.5 Å². The maximum atomic E-state index is 13.3. The minimum Gasteiger partial charge on any atom is -0.493 e. The van der Waals surface area contributed by atoms with Crippen molar-refractivity contribution in [2.75, 3.05) is 30.5 Å². The quantitative estimate of drug-likeness (QED) is 0.499. The molecule has 0 spiro atoms. The number of rotatable bonds is 7. The highest BCUT2D eigenvalue weighted by Gasteiger charge is 2.35. The van der Waals surface area contributed by atoms with Crippen LogP contribution in [0.15, 0.2) is 65.6 Å². The standard InChI is InChI=1S/C25H28N2O3S/c28-31(29)24-14-7-11-20-10-6-12-22(25(20)24)27(31)19-21-9-2-3-13-23(21)30-18-8-17-26-15-4-1-5-16-26/h2-3,6-7,9-14H,1,4-5,8,15-19H2. The number of nitrogens with zero attached hydrogens (tertiary/aromatic N) is 2. The number of benzene rings is 3. The average Bonchev–Trinajstić information content (AvgIpc) is 3.02. The van der Waals surface area contributed by atoms with Gasteiger partial charge in [0, 0.05) is 17.5 Å². The first-order valence-electron chi connectivity index (χ1n) is 11.1. The van der Waals surface area contributed by atoms with E-state index in [1.807, 2.05) is 54.6 Å². The molecule has 0 aliphatic carbocycles. The SMILES string of the molecule is O=S1(=O)c2cccc3cccc(c23)N1Cc1ccccc1OCCCN1CCCCC1. The molecule has 2 aliphatic rings. The Labute approximate surface area is 184 Å². The van der Waals surface area contributed by atoms with Gasteiger partial charge in [-0.05, 0) is 55.9 Å². The summed E-state index contributed by atoms with van der Waals surface area (Å²) in [5, 5.41) is 1.76. The number of para-hydroxylation sites is 1. The number of sulfonamides is 1.